The molecule has 0 saturated carbocycles. The van der Waals surface area contributed by atoms with Gasteiger partial charge in [-0.1, -0.05) is 25.5 Å². The van der Waals surface area contributed by atoms with Crippen LogP contribution in [-0.4, -0.2) is 36.1 Å². The lowest BCUT2D eigenvalue weighted by atomic mass is 10.2. The molecule has 1 aromatic carbocycles. The summed E-state index contributed by atoms with van der Waals surface area (Å²) < 4.78 is 7.71. The van der Waals surface area contributed by atoms with Crippen molar-refractivity contribution in [2.75, 3.05) is 20.6 Å². The van der Waals surface area contributed by atoms with Crippen molar-refractivity contribution in [3.8, 4) is 5.75 Å². The van der Waals surface area contributed by atoms with Gasteiger partial charge in [0.05, 0.1) is 5.52 Å². The van der Waals surface area contributed by atoms with Gasteiger partial charge < -0.3 is 14.2 Å². The number of aromatic nitrogens is 1. The standard InChI is InChI=1S/C17H24N2O2/c1-4-5-9-16(20)21-15-8-6-7-14-10-11-19(17(14)15)13-12-18(2)3/h6-8,10-11H,4-5,9,12-13H2,1-3H3. The van der Waals surface area contributed by atoms with Gasteiger partial charge in [0.1, 0.15) is 0 Å². The number of fused-ring (bicyclic) bond motifs is 1. The van der Waals surface area contributed by atoms with Crippen molar-refractivity contribution in [2.24, 2.45) is 0 Å². The van der Waals surface area contributed by atoms with Crippen molar-refractivity contribution in [2.45, 2.75) is 32.7 Å². The molecule has 4 heteroatoms. The Balaban J connectivity index is 2.22. The molecule has 0 aliphatic carbocycles. The molecule has 114 valence electrons. The monoisotopic (exact) mass is 288 g/mol. The van der Waals surface area contributed by atoms with Gasteiger partial charge in [-0.25, -0.2) is 0 Å². The average Bonchev–Trinajstić information content (AvgIpc) is 2.87. The Bertz CT molecular complexity index is 602. The van der Waals surface area contributed by atoms with Crippen LogP contribution in [0.2, 0.25) is 0 Å². The van der Waals surface area contributed by atoms with Crippen molar-refractivity contribution >= 4 is 16.9 Å². The number of likely N-dealkylation sites (N-methyl/N-ethyl adjacent to an activating group) is 1. The molecule has 0 bridgehead atoms. The molecule has 0 aliphatic heterocycles. The van der Waals surface area contributed by atoms with Gasteiger partial charge in [0.25, 0.3) is 0 Å². The van der Waals surface area contributed by atoms with Crippen molar-refractivity contribution in [3.05, 3.63) is 30.5 Å². The summed E-state index contributed by atoms with van der Waals surface area (Å²) in [5, 5.41) is 1.11. The average molecular weight is 288 g/mol. The van der Waals surface area contributed by atoms with Crippen molar-refractivity contribution in [3.63, 3.8) is 0 Å². The Labute approximate surface area is 126 Å². The third kappa shape index (κ3) is 4.08. The number of benzene rings is 1. The maximum Gasteiger partial charge on any atom is 0.311 e. The number of carbonyl (C=O) groups excluding carboxylic acids is 1. The topological polar surface area (TPSA) is 34.5 Å². The fraction of sp³-hybridized carbons (Fsp3) is 0.471. The first kappa shape index (κ1) is 15.6. The van der Waals surface area contributed by atoms with Gasteiger partial charge >= 0.3 is 5.97 Å². The highest BCUT2D eigenvalue weighted by Crippen LogP contribution is 2.27. The lowest BCUT2D eigenvalue weighted by molar-refractivity contribution is -0.134. The van der Waals surface area contributed by atoms with Gasteiger partial charge in [0.15, 0.2) is 5.75 Å². The van der Waals surface area contributed by atoms with E-state index in [1.54, 1.807) is 0 Å². The van der Waals surface area contributed by atoms with E-state index in [1.165, 1.54) is 0 Å². The summed E-state index contributed by atoms with van der Waals surface area (Å²) >= 11 is 0. The second kappa shape index (κ2) is 7.27. The SMILES string of the molecule is CCCCC(=O)Oc1cccc2ccn(CCN(C)C)c12. The third-order valence-corrected chi connectivity index (χ3v) is 3.50. The van der Waals surface area contributed by atoms with Crippen LogP contribution in [0.15, 0.2) is 30.5 Å². The van der Waals surface area contributed by atoms with E-state index in [4.69, 9.17) is 4.74 Å². The molecule has 21 heavy (non-hydrogen) atoms. The van der Waals surface area contributed by atoms with Crippen LogP contribution in [0.25, 0.3) is 10.9 Å². The van der Waals surface area contributed by atoms with Gasteiger partial charge in [-0.2, -0.15) is 0 Å². The Morgan fingerprint density at radius 2 is 2.10 bits per heavy atom. The molecule has 4 nitrogen and oxygen atoms in total. The van der Waals surface area contributed by atoms with Gasteiger partial charge in [-0.3, -0.25) is 4.79 Å². The van der Waals surface area contributed by atoms with Crippen LogP contribution in [0.5, 0.6) is 5.75 Å². The minimum absolute atomic E-state index is 0.148. The van der Waals surface area contributed by atoms with Crippen LogP contribution in [0.4, 0.5) is 0 Å². The van der Waals surface area contributed by atoms with Crippen LogP contribution in [0.3, 0.4) is 0 Å². The fourth-order valence-corrected chi connectivity index (χ4v) is 2.30. The molecule has 0 atom stereocenters. The molecule has 1 heterocycles. The van der Waals surface area contributed by atoms with E-state index in [-0.39, 0.29) is 5.97 Å². The molecule has 0 unspecified atom stereocenters. The first-order valence-electron chi connectivity index (χ1n) is 7.55. The minimum Gasteiger partial charge on any atom is -0.424 e. The van der Waals surface area contributed by atoms with Crippen molar-refractivity contribution in [1.29, 1.82) is 0 Å². The fourth-order valence-electron chi connectivity index (χ4n) is 2.30. The van der Waals surface area contributed by atoms with E-state index in [0.717, 1.165) is 36.8 Å². The molecule has 0 radical (unpaired) electrons. The van der Waals surface area contributed by atoms with Gasteiger partial charge in [0.2, 0.25) is 0 Å². The van der Waals surface area contributed by atoms with Gasteiger partial charge in [-0.15, -0.1) is 0 Å². The summed E-state index contributed by atoms with van der Waals surface area (Å²) in [6.45, 7) is 3.89. The summed E-state index contributed by atoms with van der Waals surface area (Å²) in [7, 11) is 4.11. The Kier molecular flexibility index (Phi) is 5.39. The van der Waals surface area contributed by atoms with E-state index in [0.29, 0.717) is 12.2 Å². The lowest BCUT2D eigenvalue weighted by Crippen LogP contribution is -2.18. The summed E-state index contributed by atoms with van der Waals surface area (Å²) in [5.41, 5.74) is 1.00. The number of hydrogen-bond acceptors (Lipinski definition) is 3. The molecule has 0 amide bonds. The van der Waals surface area contributed by atoms with Crippen molar-refractivity contribution < 1.29 is 9.53 Å². The normalized spacial score (nSPS) is 11.2. The zero-order chi connectivity index (χ0) is 15.2. The zero-order valence-electron chi connectivity index (χ0n) is 13.1. The van der Waals surface area contributed by atoms with Crippen LogP contribution >= 0.6 is 0 Å². The van der Waals surface area contributed by atoms with E-state index < -0.39 is 0 Å². The number of ether oxygens (including phenoxy) is 1. The van der Waals surface area contributed by atoms with E-state index in [9.17, 15) is 4.79 Å². The first-order valence-corrected chi connectivity index (χ1v) is 7.55. The predicted octanol–water partition coefficient (Wildman–Crippen LogP) is 3.30. The molecule has 0 N–H and O–H groups in total. The number of carbonyl (C=O) groups is 1. The number of unbranched alkanes of at least 4 members (excludes halogenated alkanes) is 1. The maximum absolute atomic E-state index is 11.9. The van der Waals surface area contributed by atoms with Crippen molar-refractivity contribution in [1.82, 2.24) is 9.47 Å². The van der Waals surface area contributed by atoms with Crippen LogP contribution in [0.1, 0.15) is 26.2 Å². The van der Waals surface area contributed by atoms with Crippen LogP contribution in [0, 0.1) is 0 Å². The number of esters is 1. The molecule has 0 spiro atoms. The quantitative estimate of drug-likeness (QED) is 0.579. The molecule has 0 saturated heterocycles. The van der Waals surface area contributed by atoms with Crippen LogP contribution in [-0.2, 0) is 11.3 Å². The lowest BCUT2D eigenvalue weighted by Gasteiger charge is -2.13. The molecular formula is C17H24N2O2. The maximum atomic E-state index is 11.9. The molecule has 1 aromatic heterocycles. The summed E-state index contributed by atoms with van der Waals surface area (Å²) in [6, 6.07) is 7.92. The Morgan fingerprint density at radius 3 is 2.81 bits per heavy atom. The van der Waals surface area contributed by atoms with E-state index in [1.807, 2.05) is 18.2 Å². The largest absolute Gasteiger partial charge is 0.424 e. The third-order valence-electron chi connectivity index (χ3n) is 3.50. The number of nitrogens with zero attached hydrogens (tertiary/aromatic N) is 2. The van der Waals surface area contributed by atoms with Crippen LogP contribution < -0.4 is 4.74 Å². The zero-order valence-corrected chi connectivity index (χ0v) is 13.1. The second-order valence-corrected chi connectivity index (χ2v) is 5.58. The van der Waals surface area contributed by atoms with E-state index >= 15 is 0 Å². The molecule has 0 fully saturated rings. The smallest absolute Gasteiger partial charge is 0.311 e. The minimum atomic E-state index is -0.148. The number of hydrogen-bond donors (Lipinski definition) is 0. The predicted molar refractivity (Wildman–Crippen MR) is 85.7 cm³/mol. The Hall–Kier alpha value is -1.81. The molecule has 2 aromatic rings. The second-order valence-electron chi connectivity index (χ2n) is 5.58. The Morgan fingerprint density at radius 1 is 1.29 bits per heavy atom. The highest BCUT2D eigenvalue weighted by atomic mass is 16.5. The molecule has 0 aliphatic rings. The molecular weight excluding hydrogens is 264 g/mol. The summed E-state index contributed by atoms with van der Waals surface area (Å²) in [4.78, 5) is 14.0. The highest BCUT2D eigenvalue weighted by Gasteiger charge is 2.11. The number of para-hydroxylation sites is 1. The first-order chi connectivity index (χ1) is 10.1. The molecule has 2 rings (SSSR count). The van der Waals surface area contributed by atoms with Gasteiger partial charge in [0, 0.05) is 31.1 Å². The van der Waals surface area contributed by atoms with Gasteiger partial charge in [-0.05, 0) is 32.6 Å². The summed E-state index contributed by atoms with van der Waals surface area (Å²) in [5.74, 6) is 0.516. The number of rotatable bonds is 7. The highest BCUT2D eigenvalue weighted by molar-refractivity contribution is 5.88. The summed E-state index contributed by atoms with van der Waals surface area (Å²) in [6.07, 6.45) is 4.40. The van der Waals surface area contributed by atoms with E-state index in [2.05, 4.69) is 42.7 Å².